The van der Waals surface area contributed by atoms with Crippen molar-refractivity contribution >= 4 is 29.1 Å². The highest BCUT2D eigenvalue weighted by molar-refractivity contribution is 8.00. The average Bonchev–Trinajstić information content (AvgIpc) is 2.66. The summed E-state index contributed by atoms with van der Waals surface area (Å²) in [5.41, 5.74) is 2.17. The lowest BCUT2D eigenvalue weighted by Crippen LogP contribution is -2.16. The molecule has 0 radical (unpaired) electrons. The Hall–Kier alpha value is -2.85. The smallest absolute Gasteiger partial charge is 0.234 e. The van der Waals surface area contributed by atoms with E-state index in [1.165, 1.54) is 18.9 Å². The highest BCUT2D eigenvalue weighted by atomic mass is 32.2. The number of nitrogens with zero attached hydrogens (tertiary/aromatic N) is 2. The number of carbonyl (C=O) groups is 2. The summed E-state index contributed by atoms with van der Waals surface area (Å²) in [7, 11) is 1.54. The zero-order valence-corrected chi connectivity index (χ0v) is 15.1. The largest absolute Gasteiger partial charge is 0.495 e. The Bertz CT molecular complexity index is 905. The molecule has 1 aromatic carbocycles. The van der Waals surface area contributed by atoms with Gasteiger partial charge in [0, 0.05) is 12.0 Å². The number of hydrogen-bond donors (Lipinski definition) is 1. The van der Waals surface area contributed by atoms with Crippen LogP contribution in [-0.2, 0) is 11.2 Å². The Kier molecular flexibility index (Phi) is 5.54. The van der Waals surface area contributed by atoms with Crippen LogP contribution < -0.4 is 10.1 Å². The van der Waals surface area contributed by atoms with Crippen molar-refractivity contribution in [1.29, 1.82) is 5.26 Å². The number of nitrogens with one attached hydrogen (secondary N) is 1. The second-order valence-electron chi connectivity index (χ2n) is 5.76. The molecule has 1 aromatic heterocycles. The lowest BCUT2D eigenvalue weighted by atomic mass is 9.94. The third kappa shape index (κ3) is 3.86. The van der Waals surface area contributed by atoms with Gasteiger partial charge in [-0.15, -0.1) is 0 Å². The van der Waals surface area contributed by atoms with Crippen LogP contribution in [-0.4, -0.2) is 29.5 Å². The Morgan fingerprint density at radius 2 is 2.19 bits per heavy atom. The van der Waals surface area contributed by atoms with Gasteiger partial charge in [0.25, 0.3) is 0 Å². The Labute approximate surface area is 155 Å². The first-order valence-electron chi connectivity index (χ1n) is 8.15. The van der Waals surface area contributed by atoms with Crippen molar-refractivity contribution in [3.05, 3.63) is 47.2 Å². The normalized spacial score (nSPS) is 12.8. The number of anilines is 1. The number of benzene rings is 1. The standard InChI is InChI=1S/C19H17N3O3S/c1-25-17-8-3-2-5-15(17)21-18(24)11-26-19-12(10-20)9-13-14(22-19)6-4-7-16(13)23/h2-3,5,8-9H,4,6-7,11H2,1H3,(H,21,24). The second kappa shape index (κ2) is 8.02. The molecule has 1 N–H and O–H groups in total. The molecule has 0 spiro atoms. The molecule has 132 valence electrons. The second-order valence-corrected chi connectivity index (χ2v) is 6.73. The number of Topliss-reactive ketones (excluding diaryl/α,β-unsaturated/α-hetero) is 1. The summed E-state index contributed by atoms with van der Waals surface area (Å²) in [6, 6.07) is 10.8. The molecule has 0 aliphatic heterocycles. The Morgan fingerprint density at radius 3 is 2.96 bits per heavy atom. The predicted molar refractivity (Wildman–Crippen MR) is 98.6 cm³/mol. The zero-order valence-electron chi connectivity index (χ0n) is 14.2. The van der Waals surface area contributed by atoms with Gasteiger partial charge in [0.05, 0.1) is 29.8 Å². The van der Waals surface area contributed by atoms with Crippen LogP contribution in [0, 0.1) is 11.3 Å². The number of nitriles is 1. The van der Waals surface area contributed by atoms with Crippen LogP contribution in [0.25, 0.3) is 0 Å². The summed E-state index contributed by atoms with van der Waals surface area (Å²) in [6.07, 6.45) is 1.98. The molecule has 0 atom stereocenters. The maximum atomic E-state index is 12.2. The van der Waals surface area contributed by atoms with Crippen molar-refractivity contribution in [3.8, 4) is 11.8 Å². The lowest BCUT2D eigenvalue weighted by molar-refractivity contribution is -0.113. The van der Waals surface area contributed by atoms with Gasteiger partial charge in [0.15, 0.2) is 5.78 Å². The lowest BCUT2D eigenvalue weighted by Gasteiger charge is -2.15. The highest BCUT2D eigenvalue weighted by Gasteiger charge is 2.21. The number of thioether (sulfide) groups is 1. The fourth-order valence-electron chi connectivity index (χ4n) is 2.77. The first-order chi connectivity index (χ1) is 12.6. The summed E-state index contributed by atoms with van der Waals surface area (Å²) in [4.78, 5) is 28.7. The minimum atomic E-state index is -0.223. The number of methoxy groups -OCH3 is 1. The molecule has 1 aliphatic rings. The number of para-hydroxylation sites is 2. The first kappa shape index (κ1) is 18.0. The van der Waals surface area contributed by atoms with E-state index in [4.69, 9.17) is 4.74 Å². The maximum Gasteiger partial charge on any atom is 0.234 e. The number of amides is 1. The van der Waals surface area contributed by atoms with Crippen LogP contribution in [0.15, 0.2) is 35.4 Å². The molecule has 0 saturated heterocycles. The molecule has 1 aliphatic carbocycles. The van der Waals surface area contributed by atoms with Gasteiger partial charge in [0.2, 0.25) is 5.91 Å². The number of ketones is 1. The summed E-state index contributed by atoms with van der Waals surface area (Å²) in [5, 5.41) is 12.6. The molecule has 0 bridgehead atoms. The van der Waals surface area contributed by atoms with Crippen LogP contribution in [0.4, 0.5) is 5.69 Å². The first-order valence-corrected chi connectivity index (χ1v) is 9.14. The van der Waals surface area contributed by atoms with Crippen LogP contribution in [0.1, 0.15) is 34.5 Å². The third-order valence-corrected chi connectivity index (χ3v) is 5.02. The Balaban J connectivity index is 1.72. The highest BCUT2D eigenvalue weighted by Crippen LogP contribution is 2.28. The average molecular weight is 367 g/mol. The fourth-order valence-corrected chi connectivity index (χ4v) is 3.55. The monoisotopic (exact) mass is 367 g/mol. The van der Waals surface area contributed by atoms with E-state index in [9.17, 15) is 14.9 Å². The molecule has 26 heavy (non-hydrogen) atoms. The molecule has 3 rings (SSSR count). The molecule has 1 amide bonds. The number of hydrogen-bond acceptors (Lipinski definition) is 6. The van der Waals surface area contributed by atoms with E-state index in [0.29, 0.717) is 46.1 Å². The van der Waals surface area contributed by atoms with E-state index in [2.05, 4.69) is 16.4 Å². The van der Waals surface area contributed by atoms with Crippen LogP contribution in [0.2, 0.25) is 0 Å². The van der Waals surface area contributed by atoms with Crippen molar-refractivity contribution in [1.82, 2.24) is 4.98 Å². The van der Waals surface area contributed by atoms with E-state index in [1.54, 1.807) is 24.3 Å². The van der Waals surface area contributed by atoms with Crippen molar-refractivity contribution in [2.24, 2.45) is 0 Å². The van der Waals surface area contributed by atoms with Crippen molar-refractivity contribution in [3.63, 3.8) is 0 Å². The minimum absolute atomic E-state index is 0.0284. The van der Waals surface area contributed by atoms with Crippen LogP contribution in [0.5, 0.6) is 5.75 Å². The minimum Gasteiger partial charge on any atom is -0.495 e. The van der Waals surface area contributed by atoms with Crippen LogP contribution in [0.3, 0.4) is 0 Å². The zero-order chi connectivity index (χ0) is 18.5. The van der Waals surface area contributed by atoms with Gasteiger partial charge in [-0.05, 0) is 31.0 Å². The van der Waals surface area contributed by atoms with E-state index in [-0.39, 0.29) is 17.4 Å². The topological polar surface area (TPSA) is 92.1 Å². The molecular formula is C19H17N3O3S. The van der Waals surface area contributed by atoms with Crippen molar-refractivity contribution in [2.45, 2.75) is 24.3 Å². The summed E-state index contributed by atoms with van der Waals surface area (Å²) < 4.78 is 5.21. The molecule has 2 aromatic rings. The molecule has 0 unspecified atom stereocenters. The summed E-state index contributed by atoms with van der Waals surface area (Å²) >= 11 is 1.19. The van der Waals surface area contributed by atoms with Gasteiger partial charge in [0.1, 0.15) is 16.8 Å². The third-order valence-electron chi connectivity index (χ3n) is 4.03. The summed E-state index contributed by atoms with van der Waals surface area (Å²) in [5.74, 6) is 0.487. The number of aromatic nitrogens is 1. The van der Waals surface area contributed by atoms with E-state index >= 15 is 0 Å². The number of carbonyl (C=O) groups excluding carboxylic acids is 2. The van der Waals surface area contributed by atoms with Gasteiger partial charge in [-0.25, -0.2) is 4.98 Å². The molecule has 7 heteroatoms. The van der Waals surface area contributed by atoms with Gasteiger partial charge < -0.3 is 10.1 Å². The molecule has 0 fully saturated rings. The van der Waals surface area contributed by atoms with Crippen molar-refractivity contribution < 1.29 is 14.3 Å². The van der Waals surface area contributed by atoms with E-state index < -0.39 is 0 Å². The number of aryl methyl sites for hydroxylation is 1. The summed E-state index contributed by atoms with van der Waals surface area (Å²) in [6.45, 7) is 0. The predicted octanol–water partition coefficient (Wildman–Crippen LogP) is 3.21. The van der Waals surface area contributed by atoms with Gasteiger partial charge >= 0.3 is 0 Å². The van der Waals surface area contributed by atoms with E-state index in [1.807, 2.05) is 6.07 Å². The molecule has 1 heterocycles. The molecular weight excluding hydrogens is 350 g/mol. The number of pyridine rings is 1. The SMILES string of the molecule is COc1ccccc1NC(=O)CSc1nc2c(cc1C#N)C(=O)CCC2. The van der Waals surface area contributed by atoms with Gasteiger partial charge in [-0.2, -0.15) is 5.26 Å². The van der Waals surface area contributed by atoms with Gasteiger partial charge in [-0.3, -0.25) is 9.59 Å². The maximum absolute atomic E-state index is 12.2. The van der Waals surface area contributed by atoms with E-state index in [0.717, 1.165) is 6.42 Å². The number of ether oxygens (including phenoxy) is 1. The molecule has 0 saturated carbocycles. The number of rotatable bonds is 5. The van der Waals surface area contributed by atoms with Crippen LogP contribution >= 0.6 is 11.8 Å². The Morgan fingerprint density at radius 1 is 1.38 bits per heavy atom. The molecule has 6 nitrogen and oxygen atoms in total. The quantitative estimate of drug-likeness (QED) is 0.816. The van der Waals surface area contributed by atoms with Crippen molar-refractivity contribution in [2.75, 3.05) is 18.2 Å². The number of fused-ring (bicyclic) bond motifs is 1. The van der Waals surface area contributed by atoms with Gasteiger partial charge in [-0.1, -0.05) is 23.9 Å². The fraction of sp³-hybridized carbons (Fsp3) is 0.263.